The Balaban J connectivity index is 1.78. The first-order valence-corrected chi connectivity index (χ1v) is 8.25. The monoisotopic (exact) mass is 351 g/mol. The molecular weight excluding hydrogens is 334 g/mol. The van der Waals surface area contributed by atoms with Crippen molar-refractivity contribution in [1.82, 2.24) is 4.98 Å². The number of benzene rings is 2. The summed E-state index contributed by atoms with van der Waals surface area (Å²) in [6.07, 6.45) is 3.19. The number of carbonyl (C=O) groups excluding carboxylic acids is 1. The first-order valence-electron chi connectivity index (χ1n) is 7.87. The molecule has 0 fully saturated rings. The van der Waals surface area contributed by atoms with E-state index in [-0.39, 0.29) is 5.91 Å². The van der Waals surface area contributed by atoms with Crippen LogP contribution in [0.1, 0.15) is 21.5 Å². The molecular formula is C20H18ClN3O. The van der Waals surface area contributed by atoms with Gasteiger partial charge in [-0.2, -0.15) is 0 Å². The average molecular weight is 352 g/mol. The van der Waals surface area contributed by atoms with Gasteiger partial charge in [-0.3, -0.25) is 9.78 Å². The molecule has 3 rings (SSSR count). The molecule has 126 valence electrons. The lowest BCUT2D eigenvalue weighted by Crippen LogP contribution is -2.12. The number of aromatic nitrogens is 1. The Bertz CT molecular complexity index is 904. The largest absolute Gasteiger partial charge is 0.353 e. The van der Waals surface area contributed by atoms with Crippen molar-refractivity contribution in [2.24, 2.45) is 0 Å². The summed E-state index contributed by atoms with van der Waals surface area (Å²) in [7, 11) is 0. The second-order valence-electron chi connectivity index (χ2n) is 5.90. The minimum atomic E-state index is -0.208. The summed E-state index contributed by atoms with van der Waals surface area (Å²) >= 11 is 6.15. The number of amides is 1. The Labute approximate surface area is 151 Å². The van der Waals surface area contributed by atoms with Crippen LogP contribution in [0.25, 0.3) is 0 Å². The van der Waals surface area contributed by atoms with Crippen molar-refractivity contribution in [1.29, 1.82) is 0 Å². The van der Waals surface area contributed by atoms with Gasteiger partial charge in [0.1, 0.15) is 0 Å². The van der Waals surface area contributed by atoms with Crippen molar-refractivity contribution in [3.8, 4) is 0 Å². The zero-order valence-corrected chi connectivity index (χ0v) is 14.8. The van der Waals surface area contributed by atoms with Gasteiger partial charge in [0.15, 0.2) is 0 Å². The third kappa shape index (κ3) is 4.37. The molecule has 0 unspecified atom stereocenters. The van der Waals surface area contributed by atoms with E-state index in [0.29, 0.717) is 16.3 Å². The number of para-hydroxylation sites is 1. The number of halogens is 1. The van der Waals surface area contributed by atoms with Crippen LogP contribution in [0.15, 0.2) is 60.9 Å². The molecule has 2 N–H and O–H groups in total. The molecule has 25 heavy (non-hydrogen) atoms. The van der Waals surface area contributed by atoms with E-state index in [1.54, 1.807) is 18.3 Å². The zero-order valence-electron chi connectivity index (χ0n) is 14.0. The first-order chi connectivity index (χ1) is 12.0. The predicted molar refractivity (Wildman–Crippen MR) is 103 cm³/mol. The van der Waals surface area contributed by atoms with Crippen molar-refractivity contribution >= 4 is 34.6 Å². The lowest BCUT2D eigenvalue weighted by Gasteiger charge is -2.10. The second-order valence-corrected chi connectivity index (χ2v) is 6.30. The number of nitrogens with one attached hydrogen (secondary N) is 2. The molecule has 0 radical (unpaired) electrons. The van der Waals surface area contributed by atoms with Crippen molar-refractivity contribution in [2.75, 3.05) is 10.6 Å². The quantitative estimate of drug-likeness (QED) is 0.666. The molecule has 0 saturated heterocycles. The topological polar surface area (TPSA) is 54.0 Å². The van der Waals surface area contributed by atoms with E-state index in [2.05, 4.69) is 21.7 Å². The maximum absolute atomic E-state index is 12.5. The highest BCUT2D eigenvalue weighted by Crippen LogP contribution is 2.25. The van der Waals surface area contributed by atoms with Crippen LogP contribution in [-0.2, 0) is 0 Å². The van der Waals surface area contributed by atoms with Gasteiger partial charge >= 0.3 is 0 Å². The molecule has 0 saturated carbocycles. The van der Waals surface area contributed by atoms with Gasteiger partial charge in [0.05, 0.1) is 28.2 Å². The smallest absolute Gasteiger partial charge is 0.257 e. The van der Waals surface area contributed by atoms with Crippen molar-refractivity contribution in [3.05, 3.63) is 82.6 Å². The number of nitrogens with zero attached hydrogens (tertiary/aromatic N) is 1. The van der Waals surface area contributed by atoms with E-state index in [4.69, 9.17) is 11.6 Å². The van der Waals surface area contributed by atoms with Crippen LogP contribution in [0.4, 0.5) is 17.1 Å². The number of rotatable bonds is 4. The summed E-state index contributed by atoms with van der Waals surface area (Å²) in [5.41, 5.74) is 4.90. The Morgan fingerprint density at radius 3 is 2.40 bits per heavy atom. The van der Waals surface area contributed by atoms with Crippen LogP contribution in [0.5, 0.6) is 0 Å². The molecule has 0 bridgehead atoms. The summed E-state index contributed by atoms with van der Waals surface area (Å²) in [5.74, 6) is -0.208. The van der Waals surface area contributed by atoms with E-state index >= 15 is 0 Å². The van der Waals surface area contributed by atoms with Crippen LogP contribution in [0.2, 0.25) is 5.02 Å². The highest BCUT2D eigenvalue weighted by Gasteiger charge is 2.09. The van der Waals surface area contributed by atoms with Gasteiger partial charge in [-0.15, -0.1) is 0 Å². The Morgan fingerprint density at radius 1 is 0.960 bits per heavy atom. The molecule has 0 aliphatic rings. The van der Waals surface area contributed by atoms with Gasteiger partial charge in [-0.25, -0.2) is 0 Å². The van der Waals surface area contributed by atoms with E-state index in [1.807, 2.05) is 44.2 Å². The predicted octanol–water partition coefficient (Wildman–Crippen LogP) is 5.35. The van der Waals surface area contributed by atoms with Crippen LogP contribution >= 0.6 is 11.6 Å². The Kier molecular flexibility index (Phi) is 5.00. The second kappa shape index (κ2) is 7.36. The molecule has 0 aliphatic carbocycles. The fourth-order valence-electron chi connectivity index (χ4n) is 2.60. The molecule has 3 aromatic rings. The number of carbonyl (C=O) groups is 1. The molecule has 5 heteroatoms. The molecule has 0 spiro atoms. The molecule has 0 aliphatic heterocycles. The number of pyridine rings is 1. The van der Waals surface area contributed by atoms with Gasteiger partial charge in [0.2, 0.25) is 0 Å². The van der Waals surface area contributed by atoms with Gasteiger partial charge in [0.25, 0.3) is 5.91 Å². The average Bonchev–Trinajstić information content (AvgIpc) is 2.56. The van der Waals surface area contributed by atoms with Crippen molar-refractivity contribution in [3.63, 3.8) is 0 Å². The molecule has 1 amide bonds. The van der Waals surface area contributed by atoms with E-state index in [0.717, 1.165) is 22.5 Å². The standard InChI is InChI=1S/C20H18ClN3O/c1-13-7-14(2)9-16(8-13)24-20(25)15-10-17(12-22-11-15)23-19-6-4-3-5-18(19)21/h3-12,23H,1-2H3,(H,24,25). The fraction of sp³-hybridized carbons (Fsp3) is 0.100. The summed E-state index contributed by atoms with van der Waals surface area (Å²) in [5, 5.41) is 6.69. The van der Waals surface area contributed by atoms with Gasteiger partial charge in [-0.05, 0) is 55.3 Å². The fourth-order valence-corrected chi connectivity index (χ4v) is 2.78. The third-order valence-electron chi connectivity index (χ3n) is 3.63. The Morgan fingerprint density at radius 2 is 1.68 bits per heavy atom. The minimum Gasteiger partial charge on any atom is -0.353 e. The van der Waals surface area contributed by atoms with E-state index in [9.17, 15) is 4.79 Å². The minimum absolute atomic E-state index is 0.208. The third-order valence-corrected chi connectivity index (χ3v) is 3.96. The number of hydrogen-bond donors (Lipinski definition) is 2. The Hall–Kier alpha value is -2.85. The van der Waals surface area contributed by atoms with Gasteiger partial charge in [0, 0.05) is 11.9 Å². The summed E-state index contributed by atoms with van der Waals surface area (Å²) in [6, 6.07) is 15.1. The number of anilines is 3. The highest BCUT2D eigenvalue weighted by molar-refractivity contribution is 6.33. The van der Waals surface area contributed by atoms with Gasteiger partial charge < -0.3 is 10.6 Å². The maximum atomic E-state index is 12.5. The summed E-state index contributed by atoms with van der Waals surface area (Å²) in [4.78, 5) is 16.6. The summed E-state index contributed by atoms with van der Waals surface area (Å²) in [6.45, 7) is 4.00. The number of aryl methyl sites for hydroxylation is 2. The normalized spacial score (nSPS) is 10.4. The van der Waals surface area contributed by atoms with E-state index < -0.39 is 0 Å². The van der Waals surface area contributed by atoms with E-state index in [1.165, 1.54) is 6.20 Å². The molecule has 1 aromatic heterocycles. The zero-order chi connectivity index (χ0) is 17.8. The van der Waals surface area contributed by atoms with Crippen LogP contribution in [-0.4, -0.2) is 10.9 Å². The molecule has 4 nitrogen and oxygen atoms in total. The molecule has 2 aromatic carbocycles. The first kappa shape index (κ1) is 17.0. The maximum Gasteiger partial charge on any atom is 0.257 e. The SMILES string of the molecule is Cc1cc(C)cc(NC(=O)c2cncc(Nc3ccccc3Cl)c2)c1. The highest BCUT2D eigenvalue weighted by atomic mass is 35.5. The molecule has 0 atom stereocenters. The van der Waals surface area contributed by atoms with Crippen molar-refractivity contribution in [2.45, 2.75) is 13.8 Å². The van der Waals surface area contributed by atoms with Crippen LogP contribution in [0.3, 0.4) is 0 Å². The number of hydrogen-bond acceptors (Lipinski definition) is 3. The lowest BCUT2D eigenvalue weighted by molar-refractivity contribution is 0.102. The van der Waals surface area contributed by atoms with Crippen LogP contribution in [0, 0.1) is 13.8 Å². The van der Waals surface area contributed by atoms with Crippen LogP contribution < -0.4 is 10.6 Å². The van der Waals surface area contributed by atoms with Gasteiger partial charge in [-0.1, -0.05) is 29.8 Å². The summed E-state index contributed by atoms with van der Waals surface area (Å²) < 4.78 is 0. The lowest BCUT2D eigenvalue weighted by atomic mass is 10.1. The van der Waals surface area contributed by atoms with Crippen molar-refractivity contribution < 1.29 is 4.79 Å². The molecule has 1 heterocycles.